The summed E-state index contributed by atoms with van der Waals surface area (Å²) < 4.78 is 5.22. The number of hydrogen-bond donors (Lipinski definition) is 2. The molecule has 3 N–H and O–H groups in total. The average Bonchev–Trinajstić information content (AvgIpc) is 2.92. The molecule has 3 aliphatic carbocycles. The van der Waals surface area contributed by atoms with Crippen molar-refractivity contribution in [3.8, 4) is 11.1 Å². The van der Waals surface area contributed by atoms with Crippen molar-refractivity contribution in [3.63, 3.8) is 0 Å². The fraction of sp³-hybridized carbons (Fsp3) is 0.292. The molecule has 2 amide bonds. The van der Waals surface area contributed by atoms with Gasteiger partial charge in [0, 0.05) is 11.6 Å². The molecule has 6 heteroatoms. The van der Waals surface area contributed by atoms with E-state index in [-0.39, 0.29) is 29.7 Å². The molecular formula is C24H24N2O4. The second kappa shape index (κ2) is 8.53. The second-order valence-electron chi connectivity index (χ2n) is 7.75. The Hall–Kier alpha value is -3.41. The topological polar surface area (TPSA) is 98.5 Å². The van der Waals surface area contributed by atoms with Crippen LogP contribution in [0.25, 0.3) is 21.9 Å². The van der Waals surface area contributed by atoms with Crippen LogP contribution in [0.5, 0.6) is 0 Å². The van der Waals surface area contributed by atoms with Crippen molar-refractivity contribution in [1.82, 2.24) is 5.32 Å². The molecule has 0 spiro atoms. The van der Waals surface area contributed by atoms with Gasteiger partial charge >= 0.3 is 5.97 Å². The Morgan fingerprint density at radius 2 is 1.73 bits per heavy atom. The van der Waals surface area contributed by atoms with Crippen LogP contribution < -0.4 is 11.1 Å². The standard InChI is InChI=1S/C24H24N2O4/c25-23(28)21-13-16(12-19-18-10-6-1-3-7-15(18)11-20(19)21)24(29)30-14-22(27)26-17-8-4-2-5-9-17/h1,3,6-7,10-13,17H,2,4-5,8-9,14H2,(H2,25,28)(H,26,27). The second-order valence-corrected chi connectivity index (χ2v) is 7.75. The smallest absolute Gasteiger partial charge is 0.338 e. The highest BCUT2D eigenvalue weighted by Crippen LogP contribution is 2.36. The van der Waals surface area contributed by atoms with E-state index >= 15 is 0 Å². The van der Waals surface area contributed by atoms with Crippen LogP contribution in [-0.4, -0.2) is 30.4 Å². The predicted molar refractivity (Wildman–Crippen MR) is 114 cm³/mol. The summed E-state index contributed by atoms with van der Waals surface area (Å²) >= 11 is 0. The fourth-order valence-corrected chi connectivity index (χ4v) is 4.17. The van der Waals surface area contributed by atoms with Gasteiger partial charge in [-0.25, -0.2) is 4.79 Å². The van der Waals surface area contributed by atoms with E-state index in [9.17, 15) is 14.4 Å². The van der Waals surface area contributed by atoms with Crippen LogP contribution in [0.2, 0.25) is 0 Å². The van der Waals surface area contributed by atoms with Gasteiger partial charge in [0.15, 0.2) is 6.61 Å². The molecule has 6 nitrogen and oxygen atoms in total. The Balaban J connectivity index is 1.56. The van der Waals surface area contributed by atoms with Crippen LogP contribution in [0.1, 0.15) is 52.8 Å². The van der Waals surface area contributed by atoms with Crippen LogP contribution >= 0.6 is 0 Å². The highest BCUT2D eigenvalue weighted by atomic mass is 16.5. The van der Waals surface area contributed by atoms with E-state index in [1.54, 1.807) is 6.07 Å². The summed E-state index contributed by atoms with van der Waals surface area (Å²) in [6.07, 6.45) is 5.32. The maximum atomic E-state index is 12.6. The Morgan fingerprint density at radius 1 is 0.967 bits per heavy atom. The van der Waals surface area contributed by atoms with Crippen molar-refractivity contribution in [3.05, 3.63) is 59.7 Å². The van der Waals surface area contributed by atoms with Gasteiger partial charge in [0.05, 0.1) is 5.56 Å². The molecule has 1 fully saturated rings. The molecule has 0 aliphatic heterocycles. The van der Waals surface area contributed by atoms with Crippen molar-refractivity contribution in [2.24, 2.45) is 5.73 Å². The number of esters is 1. The number of hydrogen-bond acceptors (Lipinski definition) is 4. The fourth-order valence-electron chi connectivity index (χ4n) is 4.17. The van der Waals surface area contributed by atoms with Crippen molar-refractivity contribution < 1.29 is 19.1 Å². The molecule has 0 radical (unpaired) electrons. The molecular weight excluding hydrogens is 380 g/mol. The Morgan fingerprint density at radius 3 is 2.50 bits per heavy atom. The minimum Gasteiger partial charge on any atom is -0.452 e. The van der Waals surface area contributed by atoms with Crippen molar-refractivity contribution >= 4 is 28.6 Å². The number of fused-ring (bicyclic) bond motifs is 3. The number of nitrogens with two attached hydrogens (primary N) is 1. The lowest BCUT2D eigenvalue weighted by Crippen LogP contribution is -2.38. The summed E-state index contributed by atoms with van der Waals surface area (Å²) in [5.41, 5.74) is 7.86. The normalized spacial score (nSPS) is 14.5. The molecule has 0 unspecified atom stereocenters. The van der Waals surface area contributed by atoms with E-state index in [0.29, 0.717) is 5.39 Å². The van der Waals surface area contributed by atoms with Crippen molar-refractivity contribution in [2.45, 2.75) is 38.1 Å². The molecule has 30 heavy (non-hydrogen) atoms. The van der Waals surface area contributed by atoms with Gasteiger partial charge in [0.2, 0.25) is 5.91 Å². The van der Waals surface area contributed by atoms with Gasteiger partial charge in [-0.1, -0.05) is 49.6 Å². The van der Waals surface area contributed by atoms with Crippen LogP contribution in [-0.2, 0) is 9.53 Å². The summed E-state index contributed by atoms with van der Waals surface area (Å²) in [5.74, 6) is -1.59. The summed E-state index contributed by atoms with van der Waals surface area (Å²) in [6.45, 7) is -0.351. The van der Waals surface area contributed by atoms with Crippen molar-refractivity contribution in [1.29, 1.82) is 0 Å². The SMILES string of the molecule is NC(=O)c1cc(C(=O)OCC(=O)NC2CCCCC2)cc2c3cccccc-3cc12. The number of primary amides is 1. The lowest BCUT2D eigenvalue weighted by atomic mass is 9.95. The molecule has 1 saturated carbocycles. The Kier molecular flexibility index (Phi) is 5.65. The van der Waals surface area contributed by atoms with Gasteiger partial charge in [-0.05, 0) is 52.9 Å². The number of ether oxygens (including phenoxy) is 1. The van der Waals surface area contributed by atoms with Gasteiger partial charge in [-0.15, -0.1) is 0 Å². The van der Waals surface area contributed by atoms with Crippen LogP contribution in [0.15, 0.2) is 48.5 Å². The van der Waals surface area contributed by atoms with Gasteiger partial charge in [-0.2, -0.15) is 0 Å². The van der Waals surface area contributed by atoms with Crippen LogP contribution in [0, 0.1) is 0 Å². The number of amides is 2. The average molecular weight is 404 g/mol. The van der Waals surface area contributed by atoms with E-state index in [4.69, 9.17) is 10.5 Å². The zero-order valence-electron chi connectivity index (χ0n) is 16.6. The van der Waals surface area contributed by atoms with Crippen molar-refractivity contribution in [2.75, 3.05) is 6.61 Å². The van der Waals surface area contributed by atoms with Gasteiger partial charge in [0.1, 0.15) is 0 Å². The Labute approximate surface area is 174 Å². The zero-order valence-corrected chi connectivity index (χ0v) is 16.6. The van der Waals surface area contributed by atoms with E-state index in [1.165, 1.54) is 12.5 Å². The minimum absolute atomic E-state index is 0.152. The maximum absolute atomic E-state index is 12.6. The first-order valence-corrected chi connectivity index (χ1v) is 10.2. The quantitative estimate of drug-likeness (QED) is 0.634. The molecule has 0 heterocycles. The molecule has 0 atom stereocenters. The zero-order chi connectivity index (χ0) is 21.1. The maximum Gasteiger partial charge on any atom is 0.338 e. The molecule has 1 aromatic carbocycles. The lowest BCUT2D eigenvalue weighted by molar-refractivity contribution is -0.125. The molecule has 1 aromatic rings. The van der Waals surface area contributed by atoms with E-state index in [0.717, 1.165) is 42.2 Å². The summed E-state index contributed by atoms with van der Waals surface area (Å²) in [4.78, 5) is 36.8. The third-order valence-electron chi connectivity index (χ3n) is 5.65. The third-order valence-corrected chi connectivity index (χ3v) is 5.65. The van der Waals surface area contributed by atoms with Crippen LogP contribution in [0.3, 0.4) is 0 Å². The molecule has 4 rings (SSSR count). The largest absolute Gasteiger partial charge is 0.452 e. The molecule has 0 saturated heterocycles. The number of carbonyl (C=O) groups is 3. The number of rotatable bonds is 5. The van der Waals surface area contributed by atoms with Gasteiger partial charge in [0.25, 0.3) is 5.91 Å². The summed E-state index contributed by atoms with van der Waals surface area (Å²) in [6, 6.07) is 14.7. The molecule has 3 aliphatic rings. The first-order valence-electron chi connectivity index (χ1n) is 10.2. The number of benzene rings is 1. The lowest BCUT2D eigenvalue weighted by Gasteiger charge is -2.22. The minimum atomic E-state index is -0.659. The first kappa shape index (κ1) is 19.9. The molecule has 0 aromatic heterocycles. The summed E-state index contributed by atoms with van der Waals surface area (Å²) in [7, 11) is 0. The van der Waals surface area contributed by atoms with E-state index in [1.807, 2.05) is 36.4 Å². The third kappa shape index (κ3) is 4.13. The summed E-state index contributed by atoms with van der Waals surface area (Å²) in [5, 5.41) is 4.35. The van der Waals surface area contributed by atoms with E-state index in [2.05, 4.69) is 5.32 Å². The Bertz CT molecular complexity index is 1090. The predicted octanol–water partition coefficient (Wildman–Crippen LogP) is 3.65. The highest BCUT2D eigenvalue weighted by molar-refractivity contribution is 6.15. The number of carbonyl (C=O) groups excluding carboxylic acids is 3. The first-order chi connectivity index (χ1) is 14.5. The molecule has 0 bridgehead atoms. The highest BCUT2D eigenvalue weighted by Gasteiger charge is 2.21. The van der Waals surface area contributed by atoms with Crippen LogP contribution in [0.4, 0.5) is 0 Å². The number of nitrogens with one attached hydrogen (secondary N) is 1. The molecule has 154 valence electrons. The monoisotopic (exact) mass is 404 g/mol. The van der Waals surface area contributed by atoms with Gasteiger partial charge < -0.3 is 15.8 Å². The van der Waals surface area contributed by atoms with E-state index < -0.39 is 11.9 Å². The van der Waals surface area contributed by atoms with Gasteiger partial charge in [-0.3, -0.25) is 9.59 Å².